The molecule has 0 amide bonds. The van der Waals surface area contributed by atoms with Crippen LogP contribution in [0.5, 0.6) is 5.75 Å². The summed E-state index contributed by atoms with van der Waals surface area (Å²) in [6.07, 6.45) is 5.45. The lowest BCUT2D eigenvalue weighted by Gasteiger charge is -2.32. The van der Waals surface area contributed by atoms with Crippen LogP contribution in [-0.4, -0.2) is 55.2 Å². The number of benzene rings is 1. The van der Waals surface area contributed by atoms with Crippen molar-refractivity contribution in [1.82, 2.24) is 20.5 Å². The number of halogens is 3. The zero-order valence-corrected chi connectivity index (χ0v) is 18.4. The SMILES string of the molecule is CNCCCN1CCC(N[C@@H]2C[C@H]2c2cc(F)cc(F)c2OCc2cccnc2F)CC1. The molecule has 2 aliphatic rings. The van der Waals surface area contributed by atoms with Gasteiger partial charge in [-0.05, 0) is 77.1 Å². The fourth-order valence-electron chi connectivity index (χ4n) is 4.51. The van der Waals surface area contributed by atoms with Crippen molar-refractivity contribution in [2.24, 2.45) is 0 Å². The number of pyridine rings is 1. The number of likely N-dealkylation sites (tertiary alicyclic amines) is 1. The molecule has 32 heavy (non-hydrogen) atoms. The predicted octanol–water partition coefficient (Wildman–Crippen LogP) is 3.60. The van der Waals surface area contributed by atoms with Gasteiger partial charge in [0.05, 0.1) is 0 Å². The van der Waals surface area contributed by atoms with Crippen LogP contribution in [0.4, 0.5) is 13.2 Å². The van der Waals surface area contributed by atoms with Gasteiger partial charge in [-0.2, -0.15) is 4.39 Å². The van der Waals surface area contributed by atoms with Gasteiger partial charge in [-0.15, -0.1) is 0 Å². The third-order valence-electron chi connectivity index (χ3n) is 6.37. The van der Waals surface area contributed by atoms with Crippen LogP contribution in [0.3, 0.4) is 0 Å². The molecule has 0 radical (unpaired) electrons. The van der Waals surface area contributed by atoms with Crippen LogP contribution < -0.4 is 15.4 Å². The van der Waals surface area contributed by atoms with Crippen molar-refractivity contribution in [3.63, 3.8) is 0 Å². The Balaban J connectivity index is 1.34. The summed E-state index contributed by atoms with van der Waals surface area (Å²) >= 11 is 0. The molecule has 0 spiro atoms. The Labute approximate surface area is 187 Å². The molecular weight excluding hydrogens is 417 g/mol. The topological polar surface area (TPSA) is 49.4 Å². The first-order valence-electron chi connectivity index (χ1n) is 11.4. The highest BCUT2D eigenvalue weighted by molar-refractivity contribution is 5.42. The summed E-state index contributed by atoms with van der Waals surface area (Å²) in [6, 6.07) is 5.88. The van der Waals surface area contributed by atoms with Gasteiger partial charge in [0.2, 0.25) is 5.95 Å². The number of ether oxygens (including phenoxy) is 1. The number of nitrogens with one attached hydrogen (secondary N) is 2. The van der Waals surface area contributed by atoms with Crippen LogP contribution in [0, 0.1) is 17.6 Å². The molecule has 2 atom stereocenters. The van der Waals surface area contributed by atoms with E-state index in [9.17, 15) is 13.2 Å². The smallest absolute Gasteiger partial charge is 0.219 e. The third-order valence-corrected chi connectivity index (χ3v) is 6.37. The molecule has 174 valence electrons. The van der Waals surface area contributed by atoms with Crippen molar-refractivity contribution >= 4 is 0 Å². The van der Waals surface area contributed by atoms with Gasteiger partial charge in [0.15, 0.2) is 11.6 Å². The second kappa shape index (κ2) is 10.6. The van der Waals surface area contributed by atoms with Gasteiger partial charge >= 0.3 is 0 Å². The lowest BCUT2D eigenvalue weighted by atomic mass is 10.0. The van der Waals surface area contributed by atoms with Gasteiger partial charge in [0.1, 0.15) is 12.4 Å². The zero-order chi connectivity index (χ0) is 22.5. The van der Waals surface area contributed by atoms with Crippen LogP contribution in [0.2, 0.25) is 0 Å². The molecule has 0 unspecified atom stereocenters. The van der Waals surface area contributed by atoms with Crippen molar-refractivity contribution in [2.45, 2.75) is 50.3 Å². The number of hydrogen-bond donors (Lipinski definition) is 2. The molecule has 2 fully saturated rings. The minimum Gasteiger partial charge on any atom is -0.485 e. The average Bonchev–Trinajstić information content (AvgIpc) is 3.54. The molecule has 4 rings (SSSR count). The van der Waals surface area contributed by atoms with E-state index in [-0.39, 0.29) is 29.9 Å². The van der Waals surface area contributed by atoms with E-state index in [1.54, 1.807) is 6.07 Å². The van der Waals surface area contributed by atoms with Crippen molar-refractivity contribution < 1.29 is 17.9 Å². The van der Waals surface area contributed by atoms with E-state index in [1.165, 1.54) is 18.3 Å². The second-order valence-corrected chi connectivity index (χ2v) is 8.74. The predicted molar refractivity (Wildman–Crippen MR) is 117 cm³/mol. The summed E-state index contributed by atoms with van der Waals surface area (Å²) in [5, 5.41) is 6.85. The largest absolute Gasteiger partial charge is 0.485 e. The quantitative estimate of drug-likeness (QED) is 0.430. The average molecular weight is 449 g/mol. The van der Waals surface area contributed by atoms with E-state index >= 15 is 0 Å². The van der Waals surface area contributed by atoms with Gasteiger partial charge in [-0.1, -0.05) is 0 Å². The summed E-state index contributed by atoms with van der Waals surface area (Å²) < 4.78 is 48.0. The Morgan fingerprint density at radius 3 is 2.75 bits per heavy atom. The first-order valence-corrected chi connectivity index (χ1v) is 11.4. The van der Waals surface area contributed by atoms with Crippen LogP contribution in [-0.2, 0) is 6.61 Å². The number of aromatic nitrogens is 1. The number of rotatable bonds is 10. The van der Waals surface area contributed by atoms with Crippen molar-refractivity contribution in [3.8, 4) is 5.75 Å². The molecule has 0 bridgehead atoms. The van der Waals surface area contributed by atoms with Gasteiger partial charge in [0, 0.05) is 41.4 Å². The van der Waals surface area contributed by atoms with Crippen molar-refractivity contribution in [1.29, 1.82) is 0 Å². The standard InChI is InChI=1S/C24H31F3N4O/c1-28-7-3-9-31-10-5-18(6-11-31)30-22-14-19(22)20-12-17(25)13-21(26)23(20)32-15-16-4-2-8-29-24(16)27/h2,4,8,12-13,18-19,22,28,30H,3,5-7,9-11,14-15H2,1H3/t19-,22+/m0/s1. The van der Waals surface area contributed by atoms with Crippen molar-refractivity contribution in [2.75, 3.05) is 33.2 Å². The summed E-state index contributed by atoms with van der Waals surface area (Å²) in [7, 11) is 1.97. The van der Waals surface area contributed by atoms with E-state index in [1.807, 2.05) is 7.05 Å². The normalized spacial score (nSPS) is 21.6. The number of piperidine rings is 1. The molecule has 5 nitrogen and oxygen atoms in total. The highest BCUT2D eigenvalue weighted by Gasteiger charge is 2.42. The van der Waals surface area contributed by atoms with Crippen molar-refractivity contribution in [3.05, 3.63) is 59.2 Å². The van der Waals surface area contributed by atoms with Gasteiger partial charge in [-0.3, -0.25) is 0 Å². The molecule has 2 heterocycles. The van der Waals surface area contributed by atoms with E-state index in [4.69, 9.17) is 4.74 Å². The number of hydrogen-bond acceptors (Lipinski definition) is 5. The zero-order valence-electron chi connectivity index (χ0n) is 18.4. The molecule has 1 aliphatic heterocycles. The Morgan fingerprint density at radius 1 is 1.19 bits per heavy atom. The van der Waals surface area contributed by atoms with E-state index in [0.29, 0.717) is 11.6 Å². The second-order valence-electron chi connectivity index (χ2n) is 8.74. The fraction of sp³-hybridized carbons (Fsp3) is 0.542. The van der Waals surface area contributed by atoms with Crippen LogP contribution in [0.15, 0.2) is 30.5 Å². The summed E-state index contributed by atoms with van der Waals surface area (Å²) in [5.41, 5.74) is 0.739. The maximum atomic E-state index is 14.6. The molecule has 1 aromatic carbocycles. The first-order chi connectivity index (χ1) is 15.5. The molecule has 8 heteroatoms. The van der Waals surface area contributed by atoms with Gasteiger partial charge in [-0.25, -0.2) is 13.8 Å². The molecule has 1 aromatic heterocycles. The van der Waals surface area contributed by atoms with Gasteiger partial charge < -0.3 is 20.3 Å². The Bertz CT molecular complexity index is 905. The maximum absolute atomic E-state index is 14.6. The Kier molecular flexibility index (Phi) is 7.65. The lowest BCUT2D eigenvalue weighted by molar-refractivity contribution is 0.195. The first kappa shape index (κ1) is 23.0. The maximum Gasteiger partial charge on any atom is 0.219 e. The van der Waals surface area contributed by atoms with E-state index < -0.39 is 17.6 Å². The molecule has 2 aromatic rings. The molecule has 2 N–H and O–H groups in total. The van der Waals surface area contributed by atoms with Crippen LogP contribution >= 0.6 is 0 Å². The molecule has 1 saturated heterocycles. The summed E-state index contributed by atoms with van der Waals surface area (Å²) in [4.78, 5) is 6.08. The van der Waals surface area contributed by atoms with Crippen LogP contribution in [0.25, 0.3) is 0 Å². The molecule has 1 aliphatic carbocycles. The lowest BCUT2D eigenvalue weighted by Crippen LogP contribution is -2.44. The van der Waals surface area contributed by atoms with E-state index in [2.05, 4.69) is 20.5 Å². The third kappa shape index (κ3) is 5.79. The molecule has 1 saturated carbocycles. The molecular formula is C24H31F3N4O. The monoisotopic (exact) mass is 448 g/mol. The highest BCUT2D eigenvalue weighted by atomic mass is 19.1. The summed E-state index contributed by atoms with van der Waals surface area (Å²) in [5.74, 6) is -2.05. The number of nitrogens with zero attached hydrogens (tertiary/aromatic N) is 2. The summed E-state index contributed by atoms with van der Waals surface area (Å²) in [6.45, 7) is 4.12. The Morgan fingerprint density at radius 2 is 2.00 bits per heavy atom. The van der Waals surface area contributed by atoms with E-state index in [0.717, 1.165) is 57.9 Å². The minimum atomic E-state index is -0.759. The van der Waals surface area contributed by atoms with Gasteiger partial charge in [0.25, 0.3) is 0 Å². The Hall–Kier alpha value is -2.16. The van der Waals surface area contributed by atoms with Crippen LogP contribution in [0.1, 0.15) is 42.7 Å². The fourth-order valence-corrected chi connectivity index (χ4v) is 4.51. The minimum absolute atomic E-state index is 0.00306. The highest BCUT2D eigenvalue weighted by Crippen LogP contribution is 2.46.